The lowest BCUT2D eigenvalue weighted by Gasteiger charge is -2.33. The number of nitrogens with zero attached hydrogens (tertiary/aromatic N) is 4. The first-order chi connectivity index (χ1) is 12.6. The van der Waals surface area contributed by atoms with Crippen molar-refractivity contribution in [1.29, 1.82) is 0 Å². The molecule has 1 aliphatic rings. The van der Waals surface area contributed by atoms with Gasteiger partial charge >= 0.3 is 0 Å². The van der Waals surface area contributed by atoms with Crippen LogP contribution in [0.1, 0.15) is 55.0 Å². The Hall–Kier alpha value is -2.69. The maximum Gasteiger partial charge on any atom is 0.272 e. The number of benzene rings is 1. The maximum atomic E-state index is 12.8. The van der Waals surface area contributed by atoms with Gasteiger partial charge < -0.3 is 9.47 Å². The summed E-state index contributed by atoms with van der Waals surface area (Å²) in [5.41, 5.74) is 2.72. The fourth-order valence-electron chi connectivity index (χ4n) is 3.92. The van der Waals surface area contributed by atoms with Crippen molar-refractivity contribution in [3.63, 3.8) is 0 Å². The average molecular weight is 348 g/mol. The smallest absolute Gasteiger partial charge is 0.272 e. The summed E-state index contributed by atoms with van der Waals surface area (Å²) < 4.78 is 2.33. The topological polar surface area (TPSA) is 51.0 Å². The van der Waals surface area contributed by atoms with E-state index < -0.39 is 0 Å². The first kappa shape index (κ1) is 16.8. The molecule has 0 unspecified atom stereocenters. The third-order valence-electron chi connectivity index (χ3n) is 5.10. The van der Waals surface area contributed by atoms with Crippen LogP contribution in [-0.2, 0) is 0 Å². The van der Waals surface area contributed by atoms with Gasteiger partial charge in [-0.1, -0.05) is 18.2 Å². The SMILES string of the molecule is CC(C)n1c([C@@H]2CCCN(C(=O)c3ccccn3)C2)nc2ccccc21. The fourth-order valence-corrected chi connectivity index (χ4v) is 3.92. The number of amides is 1. The van der Waals surface area contributed by atoms with Gasteiger partial charge in [0.15, 0.2) is 0 Å². The van der Waals surface area contributed by atoms with Gasteiger partial charge in [0.1, 0.15) is 11.5 Å². The minimum Gasteiger partial charge on any atom is -0.337 e. The largest absolute Gasteiger partial charge is 0.337 e. The molecule has 26 heavy (non-hydrogen) atoms. The molecule has 0 saturated carbocycles. The van der Waals surface area contributed by atoms with E-state index in [1.54, 1.807) is 12.3 Å². The molecule has 3 aromatic rings. The van der Waals surface area contributed by atoms with Gasteiger partial charge in [0, 0.05) is 31.2 Å². The Morgan fingerprint density at radius 2 is 1.96 bits per heavy atom. The number of aromatic nitrogens is 3. The van der Waals surface area contributed by atoms with Crippen LogP contribution in [0.3, 0.4) is 0 Å². The van der Waals surface area contributed by atoms with E-state index in [0.717, 1.165) is 30.7 Å². The van der Waals surface area contributed by atoms with Crippen LogP contribution in [0.15, 0.2) is 48.7 Å². The van der Waals surface area contributed by atoms with Crippen molar-refractivity contribution in [2.75, 3.05) is 13.1 Å². The monoisotopic (exact) mass is 348 g/mol. The van der Waals surface area contributed by atoms with Gasteiger partial charge in [-0.05, 0) is 51.0 Å². The van der Waals surface area contributed by atoms with E-state index in [1.807, 2.05) is 23.1 Å². The number of fused-ring (bicyclic) bond motifs is 1. The number of carbonyl (C=O) groups is 1. The first-order valence-corrected chi connectivity index (χ1v) is 9.32. The standard InChI is InChI=1S/C21H24N4O/c1-15(2)25-19-11-4-3-9-17(19)23-20(25)16-8-7-13-24(14-16)21(26)18-10-5-6-12-22-18/h3-6,9-12,15-16H,7-8,13-14H2,1-2H3/t16-/m1/s1. The highest BCUT2D eigenvalue weighted by molar-refractivity contribution is 5.92. The number of hydrogen-bond donors (Lipinski definition) is 0. The number of likely N-dealkylation sites (tertiary alicyclic amines) is 1. The third kappa shape index (κ3) is 2.98. The van der Waals surface area contributed by atoms with E-state index in [9.17, 15) is 4.79 Å². The molecule has 1 aliphatic heterocycles. The van der Waals surface area contributed by atoms with Crippen LogP contribution in [0.2, 0.25) is 0 Å². The lowest BCUT2D eigenvalue weighted by Crippen LogP contribution is -2.40. The van der Waals surface area contributed by atoms with E-state index in [-0.39, 0.29) is 11.8 Å². The normalized spacial score (nSPS) is 17.8. The molecular weight excluding hydrogens is 324 g/mol. The molecule has 5 heteroatoms. The second-order valence-corrected chi connectivity index (χ2v) is 7.23. The number of pyridine rings is 1. The molecule has 1 aromatic carbocycles. The number of carbonyl (C=O) groups excluding carboxylic acids is 1. The van der Waals surface area contributed by atoms with Crippen LogP contribution < -0.4 is 0 Å². The second-order valence-electron chi connectivity index (χ2n) is 7.23. The summed E-state index contributed by atoms with van der Waals surface area (Å²) in [7, 11) is 0. The van der Waals surface area contributed by atoms with E-state index in [4.69, 9.17) is 4.98 Å². The quantitative estimate of drug-likeness (QED) is 0.718. The Bertz CT molecular complexity index is 916. The van der Waals surface area contributed by atoms with Gasteiger partial charge in [-0.3, -0.25) is 9.78 Å². The number of piperidine rings is 1. The van der Waals surface area contributed by atoms with Crippen LogP contribution in [0.5, 0.6) is 0 Å². The van der Waals surface area contributed by atoms with Crippen molar-refractivity contribution < 1.29 is 4.79 Å². The molecule has 0 aliphatic carbocycles. The molecule has 0 bridgehead atoms. The van der Waals surface area contributed by atoms with E-state index >= 15 is 0 Å². The van der Waals surface area contributed by atoms with Crippen molar-refractivity contribution in [3.05, 3.63) is 60.2 Å². The molecule has 4 rings (SSSR count). The molecular formula is C21H24N4O. The molecule has 0 N–H and O–H groups in total. The van der Waals surface area contributed by atoms with Gasteiger partial charge in [0.2, 0.25) is 0 Å². The molecule has 1 amide bonds. The molecule has 1 saturated heterocycles. The van der Waals surface area contributed by atoms with Gasteiger partial charge in [-0.2, -0.15) is 0 Å². The Morgan fingerprint density at radius 1 is 1.15 bits per heavy atom. The molecule has 0 spiro atoms. The molecule has 134 valence electrons. The number of imidazole rings is 1. The summed E-state index contributed by atoms with van der Waals surface area (Å²) in [4.78, 5) is 23.9. The molecule has 0 radical (unpaired) electrons. The van der Waals surface area contributed by atoms with Gasteiger partial charge in [0.25, 0.3) is 5.91 Å². The maximum absolute atomic E-state index is 12.8. The Balaban J connectivity index is 1.65. The molecule has 1 fully saturated rings. The minimum absolute atomic E-state index is 0.0162. The zero-order valence-corrected chi connectivity index (χ0v) is 15.3. The zero-order chi connectivity index (χ0) is 18.1. The van der Waals surface area contributed by atoms with E-state index in [1.165, 1.54) is 5.52 Å². The Morgan fingerprint density at radius 3 is 2.73 bits per heavy atom. The van der Waals surface area contributed by atoms with Crippen molar-refractivity contribution >= 4 is 16.9 Å². The summed E-state index contributed by atoms with van der Waals surface area (Å²) in [5.74, 6) is 1.37. The van der Waals surface area contributed by atoms with Crippen LogP contribution in [0.4, 0.5) is 0 Å². The van der Waals surface area contributed by atoms with Crippen LogP contribution in [-0.4, -0.2) is 38.4 Å². The van der Waals surface area contributed by atoms with Crippen molar-refractivity contribution in [3.8, 4) is 0 Å². The molecule has 5 nitrogen and oxygen atoms in total. The van der Waals surface area contributed by atoms with Gasteiger partial charge in [0.05, 0.1) is 11.0 Å². The van der Waals surface area contributed by atoms with Crippen LogP contribution in [0.25, 0.3) is 11.0 Å². The summed E-state index contributed by atoms with van der Waals surface area (Å²) in [6.07, 6.45) is 3.72. The van der Waals surface area contributed by atoms with Gasteiger partial charge in [-0.25, -0.2) is 4.98 Å². The third-order valence-corrected chi connectivity index (χ3v) is 5.10. The van der Waals surface area contributed by atoms with Crippen molar-refractivity contribution in [2.45, 2.75) is 38.6 Å². The highest BCUT2D eigenvalue weighted by atomic mass is 16.2. The summed E-state index contributed by atoms with van der Waals surface area (Å²) in [6.45, 7) is 5.87. The Kier molecular flexibility index (Phi) is 4.45. The Labute approximate surface area is 153 Å². The minimum atomic E-state index is 0.0162. The lowest BCUT2D eigenvalue weighted by molar-refractivity contribution is 0.0697. The lowest BCUT2D eigenvalue weighted by atomic mass is 9.96. The van der Waals surface area contributed by atoms with E-state index in [0.29, 0.717) is 18.3 Å². The summed E-state index contributed by atoms with van der Waals surface area (Å²) in [5, 5.41) is 0. The number of rotatable bonds is 3. The zero-order valence-electron chi connectivity index (χ0n) is 15.3. The van der Waals surface area contributed by atoms with Crippen molar-refractivity contribution in [1.82, 2.24) is 19.4 Å². The predicted molar refractivity (Wildman–Crippen MR) is 102 cm³/mol. The molecule has 1 atom stereocenters. The predicted octanol–water partition coefficient (Wildman–Crippen LogP) is 4.03. The molecule has 2 aromatic heterocycles. The fraction of sp³-hybridized carbons (Fsp3) is 0.381. The first-order valence-electron chi connectivity index (χ1n) is 9.32. The van der Waals surface area contributed by atoms with Gasteiger partial charge in [-0.15, -0.1) is 0 Å². The summed E-state index contributed by atoms with van der Waals surface area (Å²) in [6, 6.07) is 14.1. The van der Waals surface area contributed by atoms with Crippen molar-refractivity contribution in [2.24, 2.45) is 0 Å². The molecule has 3 heterocycles. The highest BCUT2D eigenvalue weighted by Gasteiger charge is 2.29. The highest BCUT2D eigenvalue weighted by Crippen LogP contribution is 2.31. The van der Waals surface area contributed by atoms with E-state index in [2.05, 4.69) is 41.6 Å². The average Bonchev–Trinajstić information content (AvgIpc) is 3.08. The second kappa shape index (κ2) is 6.90. The van der Waals surface area contributed by atoms with Crippen LogP contribution >= 0.6 is 0 Å². The number of hydrogen-bond acceptors (Lipinski definition) is 3. The number of para-hydroxylation sites is 2. The summed E-state index contributed by atoms with van der Waals surface area (Å²) >= 11 is 0. The van der Waals surface area contributed by atoms with Crippen LogP contribution in [0, 0.1) is 0 Å².